The van der Waals surface area contributed by atoms with Gasteiger partial charge in [0.1, 0.15) is 6.10 Å². The zero-order valence-corrected chi connectivity index (χ0v) is 10.5. The van der Waals surface area contributed by atoms with Gasteiger partial charge < -0.3 is 15.4 Å². The summed E-state index contributed by atoms with van der Waals surface area (Å²) in [5.74, 6) is 4.29. The molecule has 0 aromatic carbocycles. The van der Waals surface area contributed by atoms with Gasteiger partial charge in [-0.1, -0.05) is 5.16 Å². The van der Waals surface area contributed by atoms with Crippen LogP contribution in [0.1, 0.15) is 29.5 Å². The molecule has 3 N–H and O–H groups in total. The standard InChI is InChI=1S/C9H15N3O2S2/c10-2-1-6(13)9-11-8(12-14-9)7-5-15-3-4-16-7/h6-7,13H,1-5,10H2. The monoisotopic (exact) mass is 261 g/mol. The number of hydrogen-bond donors (Lipinski definition) is 2. The van der Waals surface area contributed by atoms with Crippen molar-refractivity contribution in [2.75, 3.05) is 23.8 Å². The smallest absolute Gasteiger partial charge is 0.255 e. The van der Waals surface area contributed by atoms with Crippen LogP contribution in [0.2, 0.25) is 0 Å². The first-order chi connectivity index (χ1) is 7.81. The minimum absolute atomic E-state index is 0.289. The van der Waals surface area contributed by atoms with E-state index in [0.717, 1.165) is 11.5 Å². The third-order valence-electron chi connectivity index (χ3n) is 2.29. The summed E-state index contributed by atoms with van der Waals surface area (Å²) in [6.07, 6.45) is -0.277. The average molecular weight is 261 g/mol. The lowest BCUT2D eigenvalue weighted by molar-refractivity contribution is 0.127. The predicted molar refractivity (Wildman–Crippen MR) is 65.5 cm³/mol. The van der Waals surface area contributed by atoms with Crippen LogP contribution in [0.5, 0.6) is 0 Å². The van der Waals surface area contributed by atoms with Gasteiger partial charge in [-0.15, -0.1) is 11.8 Å². The minimum atomic E-state index is -0.729. The maximum atomic E-state index is 9.64. The van der Waals surface area contributed by atoms with Crippen molar-refractivity contribution < 1.29 is 9.63 Å². The highest BCUT2D eigenvalue weighted by Gasteiger charge is 2.23. The predicted octanol–water partition coefficient (Wildman–Crippen LogP) is 0.973. The lowest BCUT2D eigenvalue weighted by atomic mass is 10.2. The van der Waals surface area contributed by atoms with E-state index in [9.17, 15) is 5.11 Å². The van der Waals surface area contributed by atoms with Crippen LogP contribution >= 0.6 is 23.5 Å². The van der Waals surface area contributed by atoms with Crippen LogP contribution in [0.15, 0.2) is 4.52 Å². The second-order valence-corrected chi connectivity index (χ2v) is 5.98. The molecule has 0 aliphatic carbocycles. The van der Waals surface area contributed by atoms with Crippen LogP contribution in [-0.4, -0.2) is 39.1 Å². The van der Waals surface area contributed by atoms with E-state index in [4.69, 9.17) is 10.3 Å². The number of aliphatic hydroxyl groups excluding tert-OH is 1. The Morgan fingerprint density at radius 2 is 2.44 bits per heavy atom. The summed E-state index contributed by atoms with van der Waals surface area (Å²) in [7, 11) is 0. The van der Waals surface area contributed by atoms with Gasteiger partial charge >= 0.3 is 0 Å². The molecule has 16 heavy (non-hydrogen) atoms. The minimum Gasteiger partial charge on any atom is -0.383 e. The largest absolute Gasteiger partial charge is 0.383 e. The molecule has 1 aromatic heterocycles. The molecule has 0 radical (unpaired) electrons. The highest BCUT2D eigenvalue weighted by atomic mass is 32.2. The fourth-order valence-corrected chi connectivity index (χ4v) is 4.02. The molecule has 1 aliphatic rings. The Bertz CT molecular complexity index is 328. The fourth-order valence-electron chi connectivity index (χ4n) is 1.43. The number of nitrogens with two attached hydrogens (primary N) is 1. The van der Waals surface area contributed by atoms with Gasteiger partial charge in [0.2, 0.25) is 0 Å². The summed E-state index contributed by atoms with van der Waals surface area (Å²) < 4.78 is 5.04. The second kappa shape index (κ2) is 5.90. The lowest BCUT2D eigenvalue weighted by Crippen LogP contribution is -2.09. The first kappa shape index (κ1) is 12.2. The lowest BCUT2D eigenvalue weighted by Gasteiger charge is -2.17. The highest BCUT2D eigenvalue weighted by Crippen LogP contribution is 2.35. The zero-order chi connectivity index (χ0) is 11.4. The molecule has 2 atom stereocenters. The summed E-state index contributed by atoms with van der Waals surface area (Å²) >= 11 is 3.74. The summed E-state index contributed by atoms with van der Waals surface area (Å²) in [4.78, 5) is 4.23. The summed E-state index contributed by atoms with van der Waals surface area (Å²) in [5, 5.41) is 13.9. The van der Waals surface area contributed by atoms with Crippen LogP contribution in [0.25, 0.3) is 0 Å². The summed E-state index contributed by atoms with van der Waals surface area (Å²) in [5.41, 5.74) is 5.36. The van der Waals surface area contributed by atoms with E-state index < -0.39 is 6.10 Å². The molecule has 5 nitrogen and oxygen atoms in total. The van der Waals surface area contributed by atoms with Gasteiger partial charge in [-0.3, -0.25) is 0 Å². The Kier molecular flexibility index (Phi) is 4.51. The number of thioether (sulfide) groups is 2. The van der Waals surface area contributed by atoms with E-state index in [0.29, 0.717) is 24.0 Å². The number of aliphatic hydroxyl groups is 1. The van der Waals surface area contributed by atoms with Crippen molar-refractivity contribution in [2.45, 2.75) is 17.8 Å². The summed E-state index contributed by atoms with van der Waals surface area (Å²) in [6, 6.07) is 0. The van der Waals surface area contributed by atoms with Gasteiger partial charge in [-0.2, -0.15) is 16.7 Å². The van der Waals surface area contributed by atoms with Gasteiger partial charge in [-0.25, -0.2) is 0 Å². The molecular weight excluding hydrogens is 246 g/mol. The second-order valence-electron chi connectivity index (χ2n) is 3.52. The van der Waals surface area contributed by atoms with E-state index in [1.54, 1.807) is 0 Å². The molecule has 1 aromatic rings. The van der Waals surface area contributed by atoms with Gasteiger partial charge in [0.15, 0.2) is 5.82 Å². The van der Waals surface area contributed by atoms with Crippen LogP contribution < -0.4 is 5.73 Å². The molecule has 2 rings (SSSR count). The molecule has 0 saturated carbocycles. The molecule has 7 heteroatoms. The first-order valence-electron chi connectivity index (χ1n) is 5.22. The van der Waals surface area contributed by atoms with E-state index in [-0.39, 0.29) is 5.89 Å². The molecule has 2 heterocycles. The van der Waals surface area contributed by atoms with Gasteiger partial charge in [0, 0.05) is 17.3 Å². The van der Waals surface area contributed by atoms with E-state index in [2.05, 4.69) is 10.1 Å². The van der Waals surface area contributed by atoms with E-state index >= 15 is 0 Å². The molecule has 1 aliphatic heterocycles. The molecule has 0 spiro atoms. The maximum Gasteiger partial charge on any atom is 0.255 e. The SMILES string of the molecule is NCCC(O)c1nc(C2CSCCS2)no1. The number of rotatable bonds is 4. The van der Waals surface area contributed by atoms with Crippen molar-refractivity contribution in [3.8, 4) is 0 Å². The topological polar surface area (TPSA) is 85.2 Å². The Morgan fingerprint density at radius 3 is 3.12 bits per heavy atom. The van der Waals surface area contributed by atoms with E-state index in [1.807, 2.05) is 23.5 Å². The van der Waals surface area contributed by atoms with Gasteiger partial charge in [0.05, 0.1) is 5.25 Å². The van der Waals surface area contributed by atoms with Crippen molar-refractivity contribution in [3.63, 3.8) is 0 Å². The van der Waals surface area contributed by atoms with Crippen molar-refractivity contribution in [1.82, 2.24) is 10.1 Å². The van der Waals surface area contributed by atoms with Crippen molar-refractivity contribution in [1.29, 1.82) is 0 Å². The average Bonchev–Trinajstić information content (AvgIpc) is 2.80. The summed E-state index contributed by atoms with van der Waals surface area (Å²) in [6.45, 7) is 0.410. The third kappa shape index (κ3) is 2.91. The fraction of sp³-hybridized carbons (Fsp3) is 0.778. The highest BCUT2D eigenvalue weighted by molar-refractivity contribution is 8.06. The maximum absolute atomic E-state index is 9.64. The van der Waals surface area contributed by atoms with Crippen molar-refractivity contribution in [2.24, 2.45) is 5.73 Å². The Morgan fingerprint density at radius 1 is 1.56 bits per heavy atom. The van der Waals surface area contributed by atoms with Crippen LogP contribution in [0, 0.1) is 0 Å². The number of nitrogens with zero attached hydrogens (tertiary/aromatic N) is 2. The zero-order valence-electron chi connectivity index (χ0n) is 8.83. The molecular formula is C9H15N3O2S2. The first-order valence-corrected chi connectivity index (χ1v) is 7.42. The molecule has 90 valence electrons. The number of hydrogen-bond acceptors (Lipinski definition) is 7. The van der Waals surface area contributed by atoms with Crippen LogP contribution in [0.4, 0.5) is 0 Å². The Hall–Kier alpha value is -0.240. The molecule has 0 bridgehead atoms. The molecule has 2 unspecified atom stereocenters. The van der Waals surface area contributed by atoms with Crippen molar-refractivity contribution in [3.05, 3.63) is 11.7 Å². The van der Waals surface area contributed by atoms with Gasteiger partial charge in [-0.05, 0) is 13.0 Å². The molecule has 1 saturated heterocycles. The van der Waals surface area contributed by atoms with Crippen LogP contribution in [-0.2, 0) is 0 Å². The Labute approximate surface area is 103 Å². The molecule has 0 amide bonds. The normalized spacial score (nSPS) is 23.2. The van der Waals surface area contributed by atoms with Crippen molar-refractivity contribution >= 4 is 23.5 Å². The Balaban J connectivity index is 2.00. The quantitative estimate of drug-likeness (QED) is 0.835. The van der Waals surface area contributed by atoms with Gasteiger partial charge in [0.25, 0.3) is 5.89 Å². The molecule has 1 fully saturated rings. The van der Waals surface area contributed by atoms with E-state index in [1.165, 1.54) is 5.75 Å². The third-order valence-corrected chi connectivity index (χ3v) is 5.04. The van der Waals surface area contributed by atoms with Crippen LogP contribution in [0.3, 0.4) is 0 Å². The number of aromatic nitrogens is 2.